The maximum Gasteiger partial charge on any atom is 0.201 e. The smallest absolute Gasteiger partial charge is 0.201 e. The van der Waals surface area contributed by atoms with Crippen LogP contribution in [0.15, 0.2) is 47.7 Å². The lowest BCUT2D eigenvalue weighted by Gasteiger charge is -2.29. The van der Waals surface area contributed by atoms with Crippen molar-refractivity contribution in [2.75, 3.05) is 27.2 Å². The molecule has 0 spiro atoms. The number of rotatable bonds is 12. The summed E-state index contributed by atoms with van der Waals surface area (Å²) in [6, 6.07) is 10.5. The van der Waals surface area contributed by atoms with Gasteiger partial charge in [-0.1, -0.05) is 13.0 Å². The fraction of sp³-hybridized carbons (Fsp3) is 0.429. The monoisotopic (exact) mass is 500 g/mol. The molecule has 0 saturated heterocycles. The van der Waals surface area contributed by atoms with E-state index in [0.29, 0.717) is 18.5 Å². The number of aromatic amines is 1. The van der Waals surface area contributed by atoms with Gasteiger partial charge in [0.2, 0.25) is 5.82 Å². The zero-order valence-corrected chi connectivity index (χ0v) is 22.0. The number of aromatic nitrogens is 1. The molecule has 2 unspecified atom stereocenters. The topological polar surface area (TPSA) is 72.5 Å². The van der Waals surface area contributed by atoms with E-state index in [4.69, 9.17) is 4.74 Å². The van der Waals surface area contributed by atoms with Gasteiger partial charge in [-0.15, -0.1) is 0 Å². The fourth-order valence-electron chi connectivity index (χ4n) is 4.58. The third-order valence-corrected chi connectivity index (χ3v) is 6.75. The molecule has 8 heteroatoms. The Kier molecular flexibility index (Phi) is 9.48. The van der Waals surface area contributed by atoms with E-state index in [9.17, 15) is 13.9 Å². The van der Waals surface area contributed by atoms with E-state index in [-0.39, 0.29) is 18.3 Å². The summed E-state index contributed by atoms with van der Waals surface area (Å²) in [5, 5.41) is 16.3. The highest BCUT2D eigenvalue weighted by molar-refractivity contribution is 5.87. The second-order valence-electron chi connectivity index (χ2n) is 9.07. The Balaban J connectivity index is 1.92. The minimum absolute atomic E-state index is 0.108. The number of fused-ring (bicyclic) bond motifs is 1. The van der Waals surface area contributed by atoms with Gasteiger partial charge in [-0.2, -0.15) is 4.39 Å². The summed E-state index contributed by atoms with van der Waals surface area (Å²) in [4.78, 5) is 3.34. The lowest BCUT2D eigenvalue weighted by Crippen LogP contribution is -2.35. The van der Waals surface area contributed by atoms with Gasteiger partial charge in [-0.05, 0) is 69.3 Å². The first kappa shape index (κ1) is 27.6. The number of hydrazine groups is 1. The number of ether oxygens (including phenoxy) is 1. The maximum absolute atomic E-state index is 15.0. The molecule has 3 aromatic rings. The fourth-order valence-corrected chi connectivity index (χ4v) is 4.58. The van der Waals surface area contributed by atoms with Gasteiger partial charge in [0.25, 0.3) is 0 Å². The lowest BCUT2D eigenvalue weighted by atomic mass is 9.92. The standard InChI is InChI=1S/C28H38F2N4O2/c1-7-34(32-6)18(3)23(17(2)19(4)35)12-13-36-28-24(9-10-25(29)27(28)30)20-8-11-26-21(14-20)15-22(33-26)16-31-5/h8-11,14-15,17,19,31-33,35H,7,12-13,16H2,1-6H3/b23-18-. The highest BCUT2D eigenvalue weighted by atomic mass is 19.2. The summed E-state index contributed by atoms with van der Waals surface area (Å²) < 4.78 is 35.2. The Morgan fingerprint density at radius 1 is 1.14 bits per heavy atom. The highest BCUT2D eigenvalue weighted by Gasteiger charge is 2.21. The number of hydrogen-bond acceptors (Lipinski definition) is 5. The summed E-state index contributed by atoms with van der Waals surface area (Å²) in [5.74, 6) is -2.20. The summed E-state index contributed by atoms with van der Waals surface area (Å²) >= 11 is 0. The average molecular weight is 501 g/mol. The molecule has 4 N–H and O–H groups in total. The minimum atomic E-state index is -1.01. The summed E-state index contributed by atoms with van der Waals surface area (Å²) in [7, 11) is 3.72. The van der Waals surface area contributed by atoms with Crippen LogP contribution in [-0.4, -0.2) is 48.5 Å². The van der Waals surface area contributed by atoms with Crippen molar-refractivity contribution in [2.24, 2.45) is 5.92 Å². The van der Waals surface area contributed by atoms with Crippen LogP contribution < -0.4 is 15.5 Å². The van der Waals surface area contributed by atoms with E-state index in [0.717, 1.165) is 46.0 Å². The molecule has 0 saturated carbocycles. The van der Waals surface area contributed by atoms with Crippen LogP contribution in [-0.2, 0) is 6.54 Å². The first-order chi connectivity index (χ1) is 17.2. The summed E-state index contributed by atoms with van der Waals surface area (Å²) in [6.07, 6.45) is -0.108. The zero-order chi connectivity index (χ0) is 26.4. The van der Waals surface area contributed by atoms with Crippen LogP contribution in [0.4, 0.5) is 8.78 Å². The largest absolute Gasteiger partial charge is 0.489 e. The predicted octanol–water partition coefficient (Wildman–Crippen LogP) is 5.35. The van der Waals surface area contributed by atoms with Crippen LogP contribution in [0.5, 0.6) is 5.75 Å². The van der Waals surface area contributed by atoms with Crippen molar-refractivity contribution < 1.29 is 18.6 Å². The Morgan fingerprint density at radius 2 is 1.89 bits per heavy atom. The van der Waals surface area contributed by atoms with Crippen LogP contribution in [0.2, 0.25) is 0 Å². The van der Waals surface area contributed by atoms with Crippen molar-refractivity contribution in [3.63, 3.8) is 0 Å². The molecule has 1 aromatic heterocycles. The van der Waals surface area contributed by atoms with E-state index in [1.165, 1.54) is 0 Å². The second kappa shape index (κ2) is 12.3. The number of H-pyrrole nitrogens is 1. The van der Waals surface area contributed by atoms with E-state index in [1.54, 1.807) is 13.0 Å². The Hall–Kier alpha value is -2.94. The molecule has 196 valence electrons. The third-order valence-electron chi connectivity index (χ3n) is 6.75. The quantitative estimate of drug-likeness (QED) is 0.253. The molecule has 0 bridgehead atoms. The molecule has 2 atom stereocenters. The van der Waals surface area contributed by atoms with E-state index < -0.39 is 17.7 Å². The van der Waals surface area contributed by atoms with Crippen LogP contribution in [0.3, 0.4) is 0 Å². The number of aliphatic hydroxyl groups excluding tert-OH is 1. The normalized spacial score (nSPS) is 14.0. The van der Waals surface area contributed by atoms with Crippen molar-refractivity contribution in [1.29, 1.82) is 0 Å². The van der Waals surface area contributed by atoms with Crippen LogP contribution >= 0.6 is 0 Å². The molecule has 2 aromatic carbocycles. The highest BCUT2D eigenvalue weighted by Crippen LogP contribution is 2.36. The van der Waals surface area contributed by atoms with E-state index in [1.807, 2.05) is 64.1 Å². The lowest BCUT2D eigenvalue weighted by molar-refractivity contribution is 0.144. The summed E-state index contributed by atoms with van der Waals surface area (Å²) in [5.41, 5.74) is 8.35. The van der Waals surface area contributed by atoms with Gasteiger partial charge in [-0.25, -0.2) is 9.82 Å². The maximum atomic E-state index is 15.0. The van der Waals surface area contributed by atoms with Gasteiger partial charge < -0.3 is 25.2 Å². The van der Waals surface area contributed by atoms with Crippen molar-refractivity contribution in [3.05, 3.63) is 65.0 Å². The molecule has 0 aliphatic heterocycles. The molecule has 0 aliphatic carbocycles. The molecule has 36 heavy (non-hydrogen) atoms. The van der Waals surface area contributed by atoms with Gasteiger partial charge in [-0.3, -0.25) is 0 Å². The van der Waals surface area contributed by atoms with Gasteiger partial charge in [0.15, 0.2) is 11.6 Å². The Morgan fingerprint density at radius 3 is 2.53 bits per heavy atom. The minimum Gasteiger partial charge on any atom is -0.489 e. The molecule has 0 fully saturated rings. The molecule has 0 aliphatic rings. The van der Waals surface area contributed by atoms with Gasteiger partial charge >= 0.3 is 0 Å². The molecular formula is C28H38F2N4O2. The molecule has 1 heterocycles. The number of benzene rings is 2. The van der Waals surface area contributed by atoms with Crippen molar-refractivity contribution in [3.8, 4) is 16.9 Å². The van der Waals surface area contributed by atoms with Gasteiger partial charge in [0.1, 0.15) is 0 Å². The van der Waals surface area contributed by atoms with Crippen molar-refractivity contribution in [1.82, 2.24) is 20.7 Å². The molecule has 6 nitrogen and oxygen atoms in total. The number of aliphatic hydroxyl groups is 1. The first-order valence-corrected chi connectivity index (χ1v) is 12.4. The number of halogens is 2. The summed E-state index contributed by atoms with van der Waals surface area (Å²) in [6.45, 7) is 9.28. The molecule has 0 radical (unpaired) electrons. The van der Waals surface area contributed by atoms with E-state index >= 15 is 0 Å². The number of hydrogen-bond donors (Lipinski definition) is 4. The number of nitrogens with one attached hydrogen (secondary N) is 3. The van der Waals surface area contributed by atoms with Gasteiger partial charge in [0.05, 0.1) is 12.7 Å². The third kappa shape index (κ3) is 6.06. The van der Waals surface area contributed by atoms with Crippen LogP contribution in [0.25, 0.3) is 22.0 Å². The Bertz CT molecular complexity index is 1200. The number of nitrogens with zero attached hydrogens (tertiary/aromatic N) is 1. The van der Waals surface area contributed by atoms with Crippen LogP contribution in [0.1, 0.15) is 39.8 Å². The first-order valence-electron chi connectivity index (χ1n) is 12.4. The van der Waals surface area contributed by atoms with Crippen molar-refractivity contribution >= 4 is 10.9 Å². The predicted molar refractivity (Wildman–Crippen MR) is 142 cm³/mol. The Labute approximate surface area is 212 Å². The molecular weight excluding hydrogens is 462 g/mol. The number of allylic oxidation sites excluding steroid dienone is 1. The molecule has 0 amide bonds. The van der Waals surface area contributed by atoms with Crippen molar-refractivity contribution in [2.45, 2.75) is 46.8 Å². The zero-order valence-electron chi connectivity index (χ0n) is 22.0. The average Bonchev–Trinajstić information content (AvgIpc) is 3.26. The van der Waals surface area contributed by atoms with E-state index in [2.05, 4.69) is 15.7 Å². The van der Waals surface area contributed by atoms with Crippen LogP contribution in [0, 0.1) is 17.6 Å². The van der Waals surface area contributed by atoms with Gasteiger partial charge in [0, 0.05) is 60.3 Å². The SMILES string of the molecule is CCN(NC)/C(C)=C(/CCOc1c(-c2ccc3[nH]c(CNC)cc3c2)ccc(F)c1F)C(C)C(C)O. The second-order valence-corrected chi connectivity index (χ2v) is 9.07. The molecule has 3 rings (SSSR count).